The van der Waals surface area contributed by atoms with Crippen molar-refractivity contribution in [2.24, 2.45) is 0 Å². The van der Waals surface area contributed by atoms with E-state index in [1.807, 2.05) is 17.7 Å². The molecule has 1 N–H and O–H groups in total. The van der Waals surface area contributed by atoms with Crippen molar-refractivity contribution < 1.29 is 38.5 Å². The standard InChI is InChI=1S/C14H14N2O2.HI/c1-14(2)10-5-4-9(13(17)18)8-11(10)16(3)12(14)6-7-15;/h4-5,8H,6H2,1-3H3;1H. The summed E-state index contributed by atoms with van der Waals surface area (Å²) in [5.74, 6) is -0.933. The molecule has 0 saturated heterocycles. The molecule has 0 atom stereocenters. The number of carboxylic acids is 1. The summed E-state index contributed by atoms with van der Waals surface area (Å²) >= 11 is 0. The van der Waals surface area contributed by atoms with Crippen LogP contribution in [0.2, 0.25) is 0 Å². The number of hydrogen-bond donors (Lipinski definition) is 1. The molecular formula is C14H15IN2O2. The number of benzene rings is 1. The summed E-state index contributed by atoms with van der Waals surface area (Å²) < 4.78 is 1.94. The number of nitriles is 1. The molecule has 0 aromatic heterocycles. The zero-order chi connectivity index (χ0) is 13.5. The molecule has 0 aliphatic carbocycles. The smallest absolute Gasteiger partial charge is 0.335 e. The molecule has 0 amide bonds. The molecule has 1 aliphatic heterocycles. The van der Waals surface area contributed by atoms with E-state index in [9.17, 15) is 4.79 Å². The van der Waals surface area contributed by atoms with E-state index in [1.165, 1.54) is 0 Å². The van der Waals surface area contributed by atoms with Crippen LogP contribution in [0.5, 0.6) is 0 Å². The number of hydrogen-bond acceptors (Lipinski definition) is 2. The lowest BCUT2D eigenvalue weighted by Gasteiger charge is -2.15. The van der Waals surface area contributed by atoms with Crippen LogP contribution in [0.3, 0.4) is 0 Å². The van der Waals surface area contributed by atoms with E-state index in [0.29, 0.717) is 6.42 Å². The minimum absolute atomic E-state index is 0. The van der Waals surface area contributed by atoms with E-state index in [4.69, 9.17) is 10.4 Å². The lowest BCUT2D eigenvalue weighted by Crippen LogP contribution is -3.00. The first-order chi connectivity index (χ1) is 8.39. The molecule has 2 rings (SSSR count). The van der Waals surface area contributed by atoms with E-state index in [1.54, 1.807) is 12.1 Å². The van der Waals surface area contributed by atoms with Crippen LogP contribution < -0.4 is 24.0 Å². The van der Waals surface area contributed by atoms with Crippen LogP contribution in [0.1, 0.15) is 36.2 Å². The Labute approximate surface area is 129 Å². The summed E-state index contributed by atoms with van der Waals surface area (Å²) in [6, 6.07) is 7.31. The Morgan fingerprint density at radius 3 is 2.63 bits per heavy atom. The van der Waals surface area contributed by atoms with Gasteiger partial charge in [-0.25, -0.2) is 9.37 Å². The predicted octanol–water partition coefficient (Wildman–Crippen LogP) is -0.692. The number of halogens is 1. The van der Waals surface area contributed by atoms with E-state index >= 15 is 0 Å². The van der Waals surface area contributed by atoms with Crippen LogP contribution in [0.25, 0.3) is 0 Å². The SMILES string of the molecule is C[N+]1=C(CC#N)C(C)(C)c2ccc(C(=O)O)cc21.[I-]. The molecule has 0 bridgehead atoms. The van der Waals surface area contributed by atoms with Crippen molar-refractivity contribution in [3.8, 4) is 6.07 Å². The van der Waals surface area contributed by atoms with Crippen molar-refractivity contribution in [2.75, 3.05) is 7.05 Å². The molecule has 0 unspecified atom stereocenters. The van der Waals surface area contributed by atoms with Gasteiger partial charge in [0.2, 0.25) is 5.69 Å². The molecule has 19 heavy (non-hydrogen) atoms. The Balaban J connectivity index is 0.00000180. The zero-order valence-corrected chi connectivity index (χ0v) is 13.2. The molecule has 1 aliphatic rings. The van der Waals surface area contributed by atoms with Crippen LogP contribution in [0.15, 0.2) is 18.2 Å². The maximum Gasteiger partial charge on any atom is 0.335 e. The summed E-state index contributed by atoms with van der Waals surface area (Å²) in [7, 11) is 1.88. The maximum absolute atomic E-state index is 11.0. The summed E-state index contributed by atoms with van der Waals surface area (Å²) in [6.45, 7) is 4.12. The predicted molar refractivity (Wildman–Crippen MR) is 67.5 cm³/mol. The van der Waals surface area contributed by atoms with Gasteiger partial charge < -0.3 is 29.1 Å². The molecule has 5 heteroatoms. The quantitative estimate of drug-likeness (QED) is 0.554. The van der Waals surface area contributed by atoms with Gasteiger partial charge in [-0.1, -0.05) is 6.07 Å². The van der Waals surface area contributed by atoms with E-state index in [0.717, 1.165) is 17.0 Å². The molecule has 4 nitrogen and oxygen atoms in total. The fourth-order valence-electron chi connectivity index (χ4n) is 2.61. The molecule has 0 spiro atoms. The van der Waals surface area contributed by atoms with Crippen molar-refractivity contribution in [3.63, 3.8) is 0 Å². The van der Waals surface area contributed by atoms with Gasteiger partial charge in [0, 0.05) is 11.6 Å². The van der Waals surface area contributed by atoms with E-state index < -0.39 is 5.97 Å². The third-order valence-electron chi connectivity index (χ3n) is 3.65. The van der Waals surface area contributed by atoms with Gasteiger partial charge in [-0.15, -0.1) is 0 Å². The highest BCUT2D eigenvalue weighted by Crippen LogP contribution is 2.40. The topological polar surface area (TPSA) is 64.1 Å². The largest absolute Gasteiger partial charge is 1.00 e. The summed E-state index contributed by atoms with van der Waals surface area (Å²) in [5.41, 5.74) is 3.00. The molecule has 0 fully saturated rings. The molecule has 0 radical (unpaired) electrons. The molecule has 1 heterocycles. The van der Waals surface area contributed by atoms with Crippen molar-refractivity contribution in [1.29, 1.82) is 5.26 Å². The average Bonchev–Trinajstić information content (AvgIpc) is 2.51. The minimum atomic E-state index is -0.933. The molecule has 100 valence electrons. The van der Waals surface area contributed by atoms with Crippen molar-refractivity contribution >= 4 is 17.4 Å². The number of fused-ring (bicyclic) bond motifs is 1. The first kappa shape index (κ1) is 15.6. The average molecular weight is 370 g/mol. The second kappa shape index (κ2) is 5.29. The Morgan fingerprint density at radius 1 is 1.47 bits per heavy atom. The van der Waals surface area contributed by atoms with Gasteiger partial charge in [-0.2, -0.15) is 5.26 Å². The highest BCUT2D eigenvalue weighted by atomic mass is 127. The Kier molecular flexibility index (Phi) is 4.35. The number of aromatic carboxylic acids is 1. The lowest BCUT2D eigenvalue weighted by molar-refractivity contribution is -0.403. The highest BCUT2D eigenvalue weighted by molar-refractivity contribution is 5.97. The number of nitrogens with zero attached hydrogens (tertiary/aromatic N) is 2. The Bertz CT molecular complexity index is 612. The van der Waals surface area contributed by atoms with Crippen molar-refractivity contribution in [2.45, 2.75) is 25.7 Å². The van der Waals surface area contributed by atoms with Gasteiger partial charge >= 0.3 is 5.97 Å². The van der Waals surface area contributed by atoms with Crippen LogP contribution >= 0.6 is 0 Å². The Hall–Kier alpha value is -1.42. The van der Waals surface area contributed by atoms with Gasteiger partial charge in [-0.3, -0.25) is 0 Å². The fourth-order valence-corrected chi connectivity index (χ4v) is 2.61. The molecule has 1 aromatic rings. The fraction of sp³-hybridized carbons (Fsp3) is 0.357. The van der Waals surface area contributed by atoms with Crippen LogP contribution in [0, 0.1) is 11.3 Å². The Morgan fingerprint density at radius 2 is 2.11 bits per heavy atom. The van der Waals surface area contributed by atoms with Gasteiger partial charge in [0.25, 0.3) is 0 Å². The van der Waals surface area contributed by atoms with Crippen LogP contribution in [-0.4, -0.2) is 28.4 Å². The second-order valence-electron chi connectivity index (χ2n) is 5.00. The van der Waals surface area contributed by atoms with E-state index in [-0.39, 0.29) is 35.0 Å². The molecule has 0 saturated carbocycles. The third kappa shape index (κ3) is 2.37. The number of carboxylic acid groups (broad SMARTS) is 1. The number of rotatable bonds is 2. The van der Waals surface area contributed by atoms with E-state index in [2.05, 4.69) is 19.9 Å². The number of carbonyl (C=O) groups is 1. The van der Waals surface area contributed by atoms with Gasteiger partial charge in [-0.05, 0) is 19.9 Å². The maximum atomic E-state index is 11.0. The van der Waals surface area contributed by atoms with Gasteiger partial charge in [0.1, 0.15) is 13.5 Å². The highest BCUT2D eigenvalue weighted by Gasteiger charge is 2.44. The van der Waals surface area contributed by atoms with Crippen molar-refractivity contribution in [1.82, 2.24) is 0 Å². The minimum Gasteiger partial charge on any atom is -1.00 e. The molecular weight excluding hydrogens is 355 g/mol. The normalized spacial score (nSPS) is 15.5. The van der Waals surface area contributed by atoms with Crippen LogP contribution in [-0.2, 0) is 5.41 Å². The van der Waals surface area contributed by atoms with Gasteiger partial charge in [0.05, 0.1) is 17.0 Å². The summed E-state index contributed by atoms with van der Waals surface area (Å²) in [4.78, 5) is 11.0. The first-order valence-corrected chi connectivity index (χ1v) is 5.74. The first-order valence-electron chi connectivity index (χ1n) is 5.74. The van der Waals surface area contributed by atoms with Crippen LogP contribution in [0.4, 0.5) is 5.69 Å². The lowest BCUT2D eigenvalue weighted by atomic mass is 9.80. The zero-order valence-electron chi connectivity index (χ0n) is 11.1. The summed E-state index contributed by atoms with van der Waals surface area (Å²) in [5, 5.41) is 17.9. The molecule has 1 aromatic carbocycles. The van der Waals surface area contributed by atoms with Gasteiger partial charge in [0.15, 0.2) is 5.71 Å². The van der Waals surface area contributed by atoms with Crippen molar-refractivity contribution in [3.05, 3.63) is 29.3 Å². The summed E-state index contributed by atoms with van der Waals surface area (Å²) in [6.07, 6.45) is 0.348. The third-order valence-corrected chi connectivity index (χ3v) is 3.65. The second-order valence-corrected chi connectivity index (χ2v) is 5.00. The monoisotopic (exact) mass is 370 g/mol.